The maximum Gasteiger partial charge on any atom is 0.0595 e. The zero-order chi connectivity index (χ0) is 15.6. The highest BCUT2D eigenvalue weighted by Crippen LogP contribution is 2.50. The van der Waals surface area contributed by atoms with E-state index in [1.54, 1.807) is 0 Å². The standard InChI is InChI=1S/C18H27Cl2N.ClH/c1-13(2)6-9-17(21(3)4)18(10-5-11-18)14-7-8-15(19)16(20)12-14;/h7-8,12-13,17H,5-6,9-11H2,1-4H3;1H. The summed E-state index contributed by atoms with van der Waals surface area (Å²) < 4.78 is 0. The fraction of sp³-hybridized carbons (Fsp3) is 0.667. The van der Waals surface area contributed by atoms with Gasteiger partial charge in [-0.05, 0) is 63.4 Å². The van der Waals surface area contributed by atoms with Crippen molar-refractivity contribution in [2.24, 2.45) is 5.92 Å². The minimum Gasteiger partial charge on any atom is -0.306 e. The Labute approximate surface area is 151 Å². The molecule has 22 heavy (non-hydrogen) atoms. The molecule has 2 rings (SSSR count). The van der Waals surface area contributed by atoms with E-state index >= 15 is 0 Å². The molecule has 1 aromatic rings. The second-order valence-electron chi connectivity index (χ2n) is 7.09. The highest BCUT2D eigenvalue weighted by molar-refractivity contribution is 6.42. The Balaban J connectivity index is 0.00000242. The van der Waals surface area contributed by atoms with Crippen molar-refractivity contribution in [1.82, 2.24) is 4.90 Å². The molecule has 1 aliphatic carbocycles. The van der Waals surface area contributed by atoms with Gasteiger partial charge in [0.2, 0.25) is 0 Å². The Kier molecular flexibility index (Phi) is 7.52. The lowest BCUT2D eigenvalue weighted by Gasteiger charge is -2.51. The summed E-state index contributed by atoms with van der Waals surface area (Å²) in [4.78, 5) is 2.41. The summed E-state index contributed by atoms with van der Waals surface area (Å²) >= 11 is 12.4. The van der Waals surface area contributed by atoms with Crippen LogP contribution in [0.1, 0.15) is 51.5 Å². The molecule has 4 heteroatoms. The molecule has 0 amide bonds. The van der Waals surface area contributed by atoms with Gasteiger partial charge in [-0.2, -0.15) is 0 Å². The van der Waals surface area contributed by atoms with E-state index in [0.717, 1.165) is 5.92 Å². The summed E-state index contributed by atoms with van der Waals surface area (Å²) in [5.74, 6) is 0.749. The smallest absolute Gasteiger partial charge is 0.0595 e. The van der Waals surface area contributed by atoms with Crippen LogP contribution in [0.25, 0.3) is 0 Å². The molecule has 1 aromatic carbocycles. The fourth-order valence-corrected chi connectivity index (χ4v) is 4.00. The summed E-state index contributed by atoms with van der Waals surface area (Å²) in [6.45, 7) is 4.61. The van der Waals surface area contributed by atoms with Crippen molar-refractivity contribution in [3.63, 3.8) is 0 Å². The van der Waals surface area contributed by atoms with E-state index in [1.807, 2.05) is 6.07 Å². The van der Waals surface area contributed by atoms with Crippen LogP contribution in [-0.2, 0) is 5.41 Å². The van der Waals surface area contributed by atoms with Crippen molar-refractivity contribution < 1.29 is 0 Å². The molecule has 126 valence electrons. The average molecular weight is 365 g/mol. The Morgan fingerprint density at radius 3 is 2.14 bits per heavy atom. The van der Waals surface area contributed by atoms with Crippen LogP contribution in [0.2, 0.25) is 10.0 Å². The number of benzene rings is 1. The van der Waals surface area contributed by atoms with Crippen LogP contribution in [0, 0.1) is 5.92 Å². The van der Waals surface area contributed by atoms with Crippen LogP contribution in [0.5, 0.6) is 0 Å². The van der Waals surface area contributed by atoms with Gasteiger partial charge in [0.25, 0.3) is 0 Å². The minimum absolute atomic E-state index is 0. The topological polar surface area (TPSA) is 3.24 Å². The normalized spacial score (nSPS) is 18.0. The Hall–Kier alpha value is 0.0500. The van der Waals surface area contributed by atoms with E-state index in [1.165, 1.54) is 37.7 Å². The Morgan fingerprint density at radius 1 is 1.09 bits per heavy atom. The number of nitrogens with zero attached hydrogens (tertiary/aromatic N) is 1. The molecule has 0 heterocycles. The van der Waals surface area contributed by atoms with Crippen LogP contribution >= 0.6 is 35.6 Å². The molecular formula is C18H28Cl3N. The number of hydrogen-bond acceptors (Lipinski definition) is 1. The lowest BCUT2D eigenvalue weighted by atomic mass is 9.59. The van der Waals surface area contributed by atoms with Crippen molar-refractivity contribution in [1.29, 1.82) is 0 Å². The Bertz CT molecular complexity index is 481. The maximum absolute atomic E-state index is 6.27. The molecule has 1 aliphatic rings. The Morgan fingerprint density at radius 2 is 1.73 bits per heavy atom. The highest BCUT2D eigenvalue weighted by Gasteiger charge is 2.46. The van der Waals surface area contributed by atoms with Gasteiger partial charge in [0.05, 0.1) is 10.0 Å². The highest BCUT2D eigenvalue weighted by atomic mass is 35.5. The monoisotopic (exact) mass is 363 g/mol. The van der Waals surface area contributed by atoms with E-state index in [2.05, 4.69) is 45.0 Å². The summed E-state index contributed by atoms with van der Waals surface area (Å²) in [5.41, 5.74) is 1.62. The van der Waals surface area contributed by atoms with Gasteiger partial charge >= 0.3 is 0 Å². The molecular weight excluding hydrogens is 337 g/mol. The predicted octanol–water partition coefficient (Wildman–Crippen LogP) is 6.20. The molecule has 0 aromatic heterocycles. The molecule has 1 saturated carbocycles. The molecule has 0 radical (unpaired) electrons. The van der Waals surface area contributed by atoms with E-state index in [4.69, 9.17) is 23.2 Å². The lowest BCUT2D eigenvalue weighted by Crippen LogP contribution is -2.52. The van der Waals surface area contributed by atoms with Crippen LogP contribution < -0.4 is 0 Å². The number of hydrogen-bond donors (Lipinski definition) is 0. The molecule has 0 N–H and O–H groups in total. The van der Waals surface area contributed by atoms with Gasteiger partial charge in [0.15, 0.2) is 0 Å². The third-order valence-corrected chi connectivity index (χ3v) is 5.76. The number of halogens is 3. The number of rotatable bonds is 6. The molecule has 1 fully saturated rings. The van der Waals surface area contributed by atoms with Crippen LogP contribution in [0.15, 0.2) is 18.2 Å². The quantitative estimate of drug-likeness (QED) is 0.580. The molecule has 1 nitrogen and oxygen atoms in total. The summed E-state index contributed by atoms with van der Waals surface area (Å²) in [6, 6.07) is 6.80. The molecule has 1 atom stereocenters. The molecule has 0 spiro atoms. The zero-order valence-corrected chi connectivity index (χ0v) is 16.4. The largest absolute Gasteiger partial charge is 0.306 e. The summed E-state index contributed by atoms with van der Waals surface area (Å²) in [5, 5.41) is 1.33. The van der Waals surface area contributed by atoms with E-state index in [9.17, 15) is 0 Å². The first-order chi connectivity index (χ1) is 9.86. The first-order valence-corrected chi connectivity index (χ1v) is 8.74. The number of likely N-dealkylation sites (N-methyl/N-ethyl adjacent to an activating group) is 1. The van der Waals surface area contributed by atoms with Gasteiger partial charge < -0.3 is 4.90 Å². The zero-order valence-electron chi connectivity index (χ0n) is 14.0. The molecule has 0 aliphatic heterocycles. The molecule has 1 unspecified atom stereocenters. The second kappa shape index (κ2) is 8.24. The summed E-state index contributed by atoms with van der Waals surface area (Å²) in [6.07, 6.45) is 6.33. The predicted molar refractivity (Wildman–Crippen MR) is 101 cm³/mol. The van der Waals surface area contributed by atoms with Gasteiger partial charge in [-0.3, -0.25) is 0 Å². The van der Waals surface area contributed by atoms with Gasteiger partial charge in [0.1, 0.15) is 0 Å². The third kappa shape index (κ3) is 4.12. The molecule has 0 bridgehead atoms. The first-order valence-electron chi connectivity index (χ1n) is 7.99. The van der Waals surface area contributed by atoms with Crippen LogP contribution in [0.4, 0.5) is 0 Å². The third-order valence-electron chi connectivity index (χ3n) is 5.02. The lowest BCUT2D eigenvalue weighted by molar-refractivity contribution is 0.0859. The van der Waals surface area contributed by atoms with E-state index < -0.39 is 0 Å². The van der Waals surface area contributed by atoms with Crippen molar-refractivity contribution in [3.8, 4) is 0 Å². The van der Waals surface area contributed by atoms with Crippen LogP contribution in [-0.4, -0.2) is 25.0 Å². The van der Waals surface area contributed by atoms with E-state index in [-0.39, 0.29) is 17.8 Å². The fourth-order valence-electron chi connectivity index (χ4n) is 3.70. The van der Waals surface area contributed by atoms with Crippen molar-refractivity contribution >= 4 is 35.6 Å². The minimum atomic E-state index is 0. The average Bonchev–Trinajstić information content (AvgIpc) is 2.35. The van der Waals surface area contributed by atoms with Gasteiger partial charge in [-0.1, -0.05) is 49.5 Å². The van der Waals surface area contributed by atoms with Crippen LogP contribution in [0.3, 0.4) is 0 Å². The molecule has 0 saturated heterocycles. The van der Waals surface area contributed by atoms with Gasteiger partial charge in [0, 0.05) is 11.5 Å². The van der Waals surface area contributed by atoms with Gasteiger partial charge in [-0.25, -0.2) is 0 Å². The maximum atomic E-state index is 6.27. The van der Waals surface area contributed by atoms with E-state index in [0.29, 0.717) is 16.1 Å². The van der Waals surface area contributed by atoms with Crippen molar-refractivity contribution in [2.75, 3.05) is 14.1 Å². The van der Waals surface area contributed by atoms with Gasteiger partial charge in [-0.15, -0.1) is 12.4 Å². The SMILES string of the molecule is CC(C)CCC(N(C)C)C1(c2ccc(Cl)c(Cl)c2)CCC1.Cl. The van der Waals surface area contributed by atoms with Crippen molar-refractivity contribution in [2.45, 2.75) is 57.4 Å². The summed E-state index contributed by atoms with van der Waals surface area (Å²) in [7, 11) is 4.42. The van der Waals surface area contributed by atoms with Crippen molar-refractivity contribution in [3.05, 3.63) is 33.8 Å². The second-order valence-corrected chi connectivity index (χ2v) is 7.90. The first kappa shape index (κ1) is 20.1.